The molecular formula is C18H22N2O7. The van der Waals surface area contributed by atoms with Gasteiger partial charge in [0.1, 0.15) is 11.5 Å². The summed E-state index contributed by atoms with van der Waals surface area (Å²) in [7, 11) is 0. The Labute approximate surface area is 156 Å². The van der Waals surface area contributed by atoms with E-state index in [-0.39, 0.29) is 12.3 Å². The maximum Gasteiger partial charge on any atom is 0.421 e. The zero-order valence-corrected chi connectivity index (χ0v) is 15.6. The number of imide groups is 1. The van der Waals surface area contributed by atoms with Gasteiger partial charge in [-0.3, -0.25) is 19.7 Å². The molecule has 1 aromatic carbocycles. The number of para-hydroxylation sites is 1. The maximum absolute atomic E-state index is 13.0. The molecule has 1 aromatic rings. The number of carbonyl (C=O) groups is 3. The highest BCUT2D eigenvalue weighted by Gasteiger charge is 2.50. The molecule has 1 heterocycles. The van der Waals surface area contributed by atoms with E-state index in [9.17, 15) is 24.5 Å². The number of amides is 2. The second kappa shape index (κ2) is 7.73. The zero-order chi connectivity index (χ0) is 20.4. The SMILES string of the molecule is CCOC(=O)C(C[N+](=O)[O-])C1C(=O)N(C(=O)OC(C)(C)C)c2ccccc21. The predicted octanol–water partition coefficient (Wildman–Crippen LogP) is 2.51. The molecule has 27 heavy (non-hydrogen) atoms. The molecule has 0 aromatic heterocycles. The molecule has 0 saturated carbocycles. The second-order valence-electron chi connectivity index (χ2n) is 7.06. The van der Waals surface area contributed by atoms with Gasteiger partial charge in [0.05, 0.1) is 18.2 Å². The van der Waals surface area contributed by atoms with Crippen molar-refractivity contribution in [2.45, 2.75) is 39.2 Å². The van der Waals surface area contributed by atoms with E-state index in [1.54, 1.807) is 45.9 Å². The highest BCUT2D eigenvalue weighted by Crippen LogP contribution is 2.42. The van der Waals surface area contributed by atoms with Crippen LogP contribution in [0.25, 0.3) is 0 Å². The van der Waals surface area contributed by atoms with Gasteiger partial charge in [-0.1, -0.05) is 18.2 Å². The van der Waals surface area contributed by atoms with E-state index >= 15 is 0 Å². The van der Waals surface area contributed by atoms with Crippen LogP contribution < -0.4 is 4.90 Å². The molecule has 2 amide bonds. The van der Waals surface area contributed by atoms with E-state index in [0.29, 0.717) is 5.56 Å². The first-order valence-electron chi connectivity index (χ1n) is 8.51. The molecule has 0 fully saturated rings. The molecule has 0 aliphatic carbocycles. The van der Waals surface area contributed by atoms with Gasteiger partial charge in [0.2, 0.25) is 12.5 Å². The van der Waals surface area contributed by atoms with Gasteiger partial charge in [0.25, 0.3) is 0 Å². The van der Waals surface area contributed by atoms with Gasteiger partial charge in [-0.05, 0) is 39.3 Å². The maximum atomic E-state index is 13.0. The summed E-state index contributed by atoms with van der Waals surface area (Å²) in [6.45, 7) is 5.77. The number of hydrogen-bond acceptors (Lipinski definition) is 7. The van der Waals surface area contributed by atoms with E-state index in [1.165, 1.54) is 6.07 Å². The van der Waals surface area contributed by atoms with Crippen LogP contribution in [0.5, 0.6) is 0 Å². The van der Waals surface area contributed by atoms with E-state index in [0.717, 1.165) is 4.90 Å². The van der Waals surface area contributed by atoms with Crippen LogP contribution in [0.3, 0.4) is 0 Å². The predicted molar refractivity (Wildman–Crippen MR) is 94.9 cm³/mol. The Bertz CT molecular complexity index is 769. The van der Waals surface area contributed by atoms with Crippen LogP contribution >= 0.6 is 0 Å². The first-order chi connectivity index (χ1) is 12.6. The molecule has 9 heteroatoms. The van der Waals surface area contributed by atoms with Crippen LogP contribution in [0.1, 0.15) is 39.2 Å². The molecule has 2 atom stereocenters. The van der Waals surface area contributed by atoms with Crippen LogP contribution in [0, 0.1) is 16.0 Å². The first-order valence-corrected chi connectivity index (χ1v) is 8.51. The highest BCUT2D eigenvalue weighted by atomic mass is 16.6. The number of ether oxygens (including phenoxy) is 2. The van der Waals surface area contributed by atoms with Gasteiger partial charge in [0, 0.05) is 4.92 Å². The smallest absolute Gasteiger partial charge is 0.421 e. The van der Waals surface area contributed by atoms with Crippen molar-refractivity contribution in [2.75, 3.05) is 18.1 Å². The number of benzene rings is 1. The van der Waals surface area contributed by atoms with Gasteiger partial charge >= 0.3 is 12.1 Å². The molecule has 0 N–H and O–H groups in total. The molecule has 2 rings (SSSR count). The minimum absolute atomic E-state index is 0.0192. The van der Waals surface area contributed by atoms with E-state index < -0.39 is 46.9 Å². The molecule has 0 radical (unpaired) electrons. The number of hydrogen-bond donors (Lipinski definition) is 0. The Morgan fingerprint density at radius 3 is 2.48 bits per heavy atom. The van der Waals surface area contributed by atoms with Crippen molar-refractivity contribution in [3.05, 3.63) is 39.9 Å². The van der Waals surface area contributed by atoms with E-state index in [4.69, 9.17) is 9.47 Å². The van der Waals surface area contributed by atoms with Crippen LogP contribution in [0.15, 0.2) is 24.3 Å². The third kappa shape index (κ3) is 4.42. The second-order valence-corrected chi connectivity index (χ2v) is 7.06. The minimum atomic E-state index is -1.35. The number of rotatable bonds is 5. The number of fused-ring (bicyclic) bond motifs is 1. The molecule has 2 unspecified atom stereocenters. The Morgan fingerprint density at radius 2 is 1.93 bits per heavy atom. The first kappa shape index (κ1) is 20.3. The van der Waals surface area contributed by atoms with Crippen molar-refractivity contribution < 1.29 is 28.8 Å². The van der Waals surface area contributed by atoms with Crippen molar-refractivity contribution in [3.63, 3.8) is 0 Å². The van der Waals surface area contributed by atoms with Gasteiger partial charge in [-0.15, -0.1) is 0 Å². The standard InChI is InChI=1S/C18H22N2O7/c1-5-26-16(22)12(10-19(24)25)14-11-8-6-7-9-13(11)20(15(14)21)17(23)27-18(2,3)4/h6-9,12,14H,5,10H2,1-4H3. The molecule has 0 spiro atoms. The molecule has 0 bridgehead atoms. The summed E-state index contributed by atoms with van der Waals surface area (Å²) < 4.78 is 10.2. The summed E-state index contributed by atoms with van der Waals surface area (Å²) in [5, 5.41) is 11.1. The monoisotopic (exact) mass is 378 g/mol. The van der Waals surface area contributed by atoms with Crippen LogP contribution in [0.2, 0.25) is 0 Å². The fourth-order valence-electron chi connectivity index (χ4n) is 2.96. The number of carbonyl (C=O) groups excluding carboxylic acids is 3. The van der Waals surface area contributed by atoms with Crippen molar-refractivity contribution in [1.29, 1.82) is 0 Å². The van der Waals surface area contributed by atoms with Crippen LogP contribution in [0.4, 0.5) is 10.5 Å². The quantitative estimate of drug-likeness (QED) is 0.439. The molecule has 146 valence electrons. The summed E-state index contributed by atoms with van der Waals surface area (Å²) in [6.07, 6.45) is -0.897. The Morgan fingerprint density at radius 1 is 1.30 bits per heavy atom. The topological polar surface area (TPSA) is 116 Å². The third-order valence-electron chi connectivity index (χ3n) is 3.91. The fourth-order valence-corrected chi connectivity index (χ4v) is 2.96. The van der Waals surface area contributed by atoms with Gasteiger partial charge in [-0.25, -0.2) is 9.69 Å². The highest BCUT2D eigenvalue weighted by molar-refractivity contribution is 6.20. The lowest BCUT2D eigenvalue weighted by Gasteiger charge is -2.24. The molecule has 1 aliphatic heterocycles. The normalized spacial score (nSPS) is 17.3. The van der Waals surface area contributed by atoms with Gasteiger partial charge in [0.15, 0.2) is 0 Å². The fraction of sp³-hybridized carbons (Fsp3) is 0.500. The largest absolute Gasteiger partial charge is 0.466 e. The summed E-state index contributed by atoms with van der Waals surface area (Å²) in [6, 6.07) is 6.35. The lowest BCUT2D eigenvalue weighted by Crippen LogP contribution is -2.42. The van der Waals surface area contributed by atoms with Gasteiger partial charge < -0.3 is 9.47 Å². The summed E-state index contributed by atoms with van der Waals surface area (Å²) in [5.41, 5.74) is -0.237. The van der Waals surface area contributed by atoms with Crippen molar-refractivity contribution >= 4 is 23.7 Å². The Balaban J connectivity index is 2.48. The third-order valence-corrected chi connectivity index (χ3v) is 3.91. The zero-order valence-electron chi connectivity index (χ0n) is 15.6. The lowest BCUT2D eigenvalue weighted by atomic mass is 9.87. The van der Waals surface area contributed by atoms with Crippen LogP contribution in [-0.4, -0.2) is 41.6 Å². The molecule has 1 aliphatic rings. The molecular weight excluding hydrogens is 356 g/mol. The number of anilines is 1. The summed E-state index contributed by atoms with van der Waals surface area (Å²) in [4.78, 5) is 49.1. The average Bonchev–Trinajstić information content (AvgIpc) is 2.83. The minimum Gasteiger partial charge on any atom is -0.466 e. The van der Waals surface area contributed by atoms with Crippen molar-refractivity contribution in [1.82, 2.24) is 0 Å². The Hall–Kier alpha value is -2.97. The summed E-state index contributed by atoms with van der Waals surface area (Å²) in [5.74, 6) is -4.14. The molecule has 9 nitrogen and oxygen atoms in total. The van der Waals surface area contributed by atoms with Crippen molar-refractivity contribution in [2.24, 2.45) is 5.92 Å². The Kier molecular flexibility index (Phi) is 5.82. The van der Waals surface area contributed by atoms with Crippen molar-refractivity contribution in [3.8, 4) is 0 Å². The lowest BCUT2D eigenvalue weighted by molar-refractivity contribution is -0.486. The van der Waals surface area contributed by atoms with E-state index in [2.05, 4.69) is 0 Å². The average molecular weight is 378 g/mol. The van der Waals surface area contributed by atoms with E-state index in [1.807, 2.05) is 0 Å². The van der Waals surface area contributed by atoms with Crippen LogP contribution in [-0.2, 0) is 19.1 Å². The van der Waals surface area contributed by atoms with Gasteiger partial charge in [-0.2, -0.15) is 0 Å². The summed E-state index contributed by atoms with van der Waals surface area (Å²) >= 11 is 0. The number of nitrogens with zero attached hydrogens (tertiary/aromatic N) is 2. The molecule has 0 saturated heterocycles. The number of nitro groups is 1. The number of esters is 1.